The van der Waals surface area contributed by atoms with Gasteiger partial charge in [0, 0.05) is 26.7 Å². The van der Waals surface area contributed by atoms with Crippen molar-refractivity contribution in [2.45, 2.75) is 44.3 Å². The van der Waals surface area contributed by atoms with E-state index in [1.807, 2.05) is 11.6 Å². The molecule has 3 rings (SSSR count). The monoisotopic (exact) mass is 294 g/mol. The summed E-state index contributed by atoms with van der Waals surface area (Å²) in [6.07, 6.45) is 5.76. The van der Waals surface area contributed by atoms with Gasteiger partial charge in [-0.2, -0.15) is 0 Å². The van der Waals surface area contributed by atoms with Crippen molar-refractivity contribution in [3.05, 3.63) is 12.2 Å². The van der Waals surface area contributed by atoms with Crippen molar-refractivity contribution in [1.82, 2.24) is 19.7 Å². The van der Waals surface area contributed by atoms with E-state index in [1.165, 1.54) is 0 Å². The highest BCUT2D eigenvalue weighted by molar-refractivity contribution is 4.95. The Morgan fingerprint density at radius 3 is 2.86 bits per heavy atom. The lowest BCUT2D eigenvalue weighted by Crippen LogP contribution is -2.49. The lowest BCUT2D eigenvalue weighted by molar-refractivity contribution is -0.0828. The van der Waals surface area contributed by atoms with Crippen molar-refractivity contribution in [3.63, 3.8) is 0 Å². The van der Waals surface area contributed by atoms with E-state index in [0.29, 0.717) is 6.61 Å². The van der Waals surface area contributed by atoms with Crippen LogP contribution in [0.4, 0.5) is 0 Å². The molecule has 0 amide bonds. The molecule has 1 aliphatic carbocycles. The minimum atomic E-state index is -0.520. The summed E-state index contributed by atoms with van der Waals surface area (Å²) in [4.78, 5) is 2.32. The first-order valence-electron chi connectivity index (χ1n) is 7.96. The zero-order valence-corrected chi connectivity index (χ0v) is 13.0. The molecule has 2 heterocycles. The Morgan fingerprint density at radius 2 is 2.19 bits per heavy atom. The molecule has 6 heteroatoms. The molecule has 0 radical (unpaired) electrons. The molecule has 2 aliphatic rings. The van der Waals surface area contributed by atoms with Gasteiger partial charge < -0.3 is 14.4 Å². The maximum absolute atomic E-state index is 10.8. The summed E-state index contributed by atoms with van der Waals surface area (Å²) in [6.45, 7) is 5.37. The molecule has 0 bridgehead atoms. The fraction of sp³-hybridized carbons (Fsp3) is 0.867. The number of nitrogens with zero attached hydrogens (tertiary/aromatic N) is 4. The minimum Gasteiger partial charge on any atom is -0.389 e. The standard InChI is InChI=1S/C15H26N4O2/c1-12-3-5-15(20,6-4-12)10-19-7-8-21-13(9-19)14-17-16-11-18(14)2/h11-13,20H,3-10H2,1-2H3/t12?,13-,15?/m1/s1. The van der Waals surface area contributed by atoms with Gasteiger partial charge in [-0.25, -0.2) is 0 Å². The summed E-state index contributed by atoms with van der Waals surface area (Å²) in [5.41, 5.74) is -0.520. The molecule has 1 aliphatic heterocycles. The summed E-state index contributed by atoms with van der Waals surface area (Å²) in [7, 11) is 1.94. The van der Waals surface area contributed by atoms with E-state index >= 15 is 0 Å². The van der Waals surface area contributed by atoms with E-state index in [-0.39, 0.29) is 6.10 Å². The zero-order chi connectivity index (χ0) is 14.9. The number of rotatable bonds is 3. The first kappa shape index (κ1) is 14.9. The van der Waals surface area contributed by atoms with Gasteiger partial charge in [0.1, 0.15) is 12.4 Å². The highest BCUT2D eigenvalue weighted by Gasteiger charge is 2.35. The average molecular weight is 294 g/mol. The van der Waals surface area contributed by atoms with E-state index in [0.717, 1.165) is 57.1 Å². The highest BCUT2D eigenvalue weighted by Crippen LogP contribution is 2.33. The van der Waals surface area contributed by atoms with Crippen LogP contribution in [0.25, 0.3) is 0 Å². The summed E-state index contributed by atoms with van der Waals surface area (Å²) in [5.74, 6) is 1.62. The third-order valence-corrected chi connectivity index (χ3v) is 4.91. The molecular formula is C15H26N4O2. The van der Waals surface area contributed by atoms with Crippen molar-refractivity contribution >= 4 is 0 Å². The number of β-amino-alcohol motifs (C(OH)–C–C–N with tert-alkyl or cyclic N) is 1. The van der Waals surface area contributed by atoms with Gasteiger partial charge in [0.25, 0.3) is 0 Å². The topological polar surface area (TPSA) is 63.4 Å². The number of aryl methyl sites for hydroxylation is 1. The molecule has 118 valence electrons. The van der Waals surface area contributed by atoms with Crippen LogP contribution in [0, 0.1) is 5.92 Å². The quantitative estimate of drug-likeness (QED) is 0.905. The fourth-order valence-corrected chi connectivity index (χ4v) is 3.46. The van der Waals surface area contributed by atoms with Gasteiger partial charge >= 0.3 is 0 Å². The van der Waals surface area contributed by atoms with Crippen LogP contribution in [0.3, 0.4) is 0 Å². The van der Waals surface area contributed by atoms with Gasteiger partial charge in [-0.15, -0.1) is 10.2 Å². The Hall–Kier alpha value is -0.980. The second-order valence-corrected chi connectivity index (χ2v) is 6.80. The molecule has 0 aromatic carbocycles. The Morgan fingerprint density at radius 1 is 1.43 bits per heavy atom. The van der Waals surface area contributed by atoms with E-state index in [4.69, 9.17) is 4.74 Å². The Labute approximate surface area is 126 Å². The van der Waals surface area contributed by atoms with Crippen LogP contribution in [0.1, 0.15) is 44.5 Å². The lowest BCUT2D eigenvalue weighted by Gasteiger charge is -2.41. The number of hydrogen-bond donors (Lipinski definition) is 1. The van der Waals surface area contributed by atoms with Crippen LogP contribution in [0.2, 0.25) is 0 Å². The molecule has 1 N–H and O–H groups in total. The van der Waals surface area contributed by atoms with Crippen LogP contribution in [0.5, 0.6) is 0 Å². The Balaban J connectivity index is 1.60. The Kier molecular flexibility index (Phi) is 4.28. The first-order valence-corrected chi connectivity index (χ1v) is 7.96. The molecule has 2 fully saturated rings. The number of hydrogen-bond acceptors (Lipinski definition) is 5. The van der Waals surface area contributed by atoms with Gasteiger partial charge in [-0.1, -0.05) is 6.92 Å². The van der Waals surface area contributed by atoms with Crippen molar-refractivity contribution in [1.29, 1.82) is 0 Å². The molecule has 0 unspecified atom stereocenters. The van der Waals surface area contributed by atoms with Crippen molar-refractivity contribution in [3.8, 4) is 0 Å². The van der Waals surface area contributed by atoms with Gasteiger partial charge in [-0.3, -0.25) is 4.90 Å². The maximum Gasteiger partial charge on any atom is 0.163 e. The van der Waals surface area contributed by atoms with Crippen LogP contribution in [-0.4, -0.2) is 56.6 Å². The van der Waals surface area contributed by atoms with Crippen molar-refractivity contribution in [2.75, 3.05) is 26.2 Å². The van der Waals surface area contributed by atoms with Crippen molar-refractivity contribution < 1.29 is 9.84 Å². The molecule has 21 heavy (non-hydrogen) atoms. The molecule has 1 atom stereocenters. The van der Waals surface area contributed by atoms with Gasteiger partial charge in [0.2, 0.25) is 0 Å². The predicted octanol–water partition coefficient (Wildman–Crippen LogP) is 1.13. The molecular weight excluding hydrogens is 268 g/mol. The smallest absolute Gasteiger partial charge is 0.163 e. The fourth-order valence-electron chi connectivity index (χ4n) is 3.46. The largest absolute Gasteiger partial charge is 0.389 e. The number of morpholine rings is 1. The van der Waals surface area contributed by atoms with E-state index in [1.54, 1.807) is 6.33 Å². The summed E-state index contributed by atoms with van der Waals surface area (Å²) < 4.78 is 7.73. The third-order valence-electron chi connectivity index (χ3n) is 4.91. The van der Waals surface area contributed by atoms with Crippen LogP contribution >= 0.6 is 0 Å². The first-order chi connectivity index (χ1) is 10.1. The second kappa shape index (κ2) is 6.02. The van der Waals surface area contributed by atoms with Crippen LogP contribution < -0.4 is 0 Å². The van der Waals surface area contributed by atoms with Crippen LogP contribution in [0.15, 0.2) is 6.33 Å². The Bertz CT molecular complexity index is 468. The summed E-state index contributed by atoms with van der Waals surface area (Å²) in [6, 6.07) is 0. The van der Waals surface area contributed by atoms with Gasteiger partial charge in [0.15, 0.2) is 5.82 Å². The normalized spacial score (nSPS) is 35.0. The molecule has 1 saturated heterocycles. The molecule has 6 nitrogen and oxygen atoms in total. The number of aliphatic hydroxyl groups is 1. The van der Waals surface area contributed by atoms with E-state index in [2.05, 4.69) is 22.0 Å². The number of ether oxygens (including phenoxy) is 1. The highest BCUT2D eigenvalue weighted by atomic mass is 16.5. The lowest BCUT2D eigenvalue weighted by atomic mass is 9.79. The number of aromatic nitrogens is 3. The average Bonchev–Trinajstić information content (AvgIpc) is 2.89. The summed E-state index contributed by atoms with van der Waals surface area (Å²) in [5, 5.41) is 18.9. The van der Waals surface area contributed by atoms with Gasteiger partial charge in [0.05, 0.1) is 12.2 Å². The van der Waals surface area contributed by atoms with Gasteiger partial charge in [-0.05, 0) is 31.6 Å². The predicted molar refractivity (Wildman–Crippen MR) is 78.7 cm³/mol. The second-order valence-electron chi connectivity index (χ2n) is 6.80. The third kappa shape index (κ3) is 3.44. The molecule has 1 aromatic heterocycles. The minimum absolute atomic E-state index is 0.0441. The zero-order valence-electron chi connectivity index (χ0n) is 13.0. The molecule has 1 aromatic rings. The van der Waals surface area contributed by atoms with Crippen molar-refractivity contribution in [2.24, 2.45) is 13.0 Å². The molecule has 0 spiro atoms. The SMILES string of the molecule is CC1CCC(O)(CN2CCO[C@@H](c3nncn3C)C2)CC1. The summed E-state index contributed by atoms with van der Waals surface area (Å²) >= 11 is 0. The van der Waals surface area contributed by atoms with E-state index in [9.17, 15) is 5.11 Å². The molecule has 1 saturated carbocycles. The maximum atomic E-state index is 10.8. The van der Waals surface area contributed by atoms with Crippen LogP contribution in [-0.2, 0) is 11.8 Å². The van der Waals surface area contributed by atoms with E-state index < -0.39 is 5.60 Å².